The second-order valence-electron chi connectivity index (χ2n) is 5.56. The lowest BCUT2D eigenvalue weighted by Gasteiger charge is -2.36. The minimum Gasteiger partial charge on any atom is -0.341 e. The van der Waals surface area contributed by atoms with Crippen LogP contribution in [-0.4, -0.2) is 57.7 Å². The third-order valence-electron chi connectivity index (χ3n) is 3.76. The number of carbonyl (C=O) groups is 1. The quantitative estimate of drug-likeness (QED) is 0.736. The number of piperidine rings is 2. The minimum absolute atomic E-state index is 0.0609. The number of carbonyl (C=O) groups excluding carboxylic acids is 1. The summed E-state index contributed by atoms with van der Waals surface area (Å²) in [6, 6.07) is -0.135. The zero-order valence-electron chi connectivity index (χ0n) is 11.4. The molecule has 0 aromatic rings. The molecule has 1 amide bonds. The summed E-state index contributed by atoms with van der Waals surface area (Å²) in [5.41, 5.74) is 0. The molecule has 2 rings (SSSR count). The van der Waals surface area contributed by atoms with Gasteiger partial charge in [-0.05, 0) is 32.2 Å². The van der Waals surface area contributed by atoms with Gasteiger partial charge in [-0.25, -0.2) is 13.1 Å². The zero-order valence-corrected chi connectivity index (χ0v) is 12.2. The first-order valence-corrected chi connectivity index (χ1v) is 8.81. The molecule has 2 aliphatic heterocycles. The average molecular weight is 289 g/mol. The Morgan fingerprint density at radius 3 is 2.74 bits per heavy atom. The van der Waals surface area contributed by atoms with Gasteiger partial charge in [0.25, 0.3) is 0 Å². The molecule has 0 aromatic heterocycles. The topological polar surface area (TPSA) is 78.5 Å². The van der Waals surface area contributed by atoms with E-state index in [1.165, 1.54) is 6.26 Å². The molecule has 2 atom stereocenters. The molecule has 2 fully saturated rings. The molecular weight excluding hydrogens is 266 g/mol. The third kappa shape index (κ3) is 4.43. The van der Waals surface area contributed by atoms with E-state index in [9.17, 15) is 13.2 Å². The van der Waals surface area contributed by atoms with Crippen molar-refractivity contribution in [2.45, 2.75) is 31.7 Å². The lowest BCUT2D eigenvalue weighted by Crippen LogP contribution is -2.52. The van der Waals surface area contributed by atoms with Crippen LogP contribution >= 0.6 is 0 Å². The smallest absolute Gasteiger partial charge is 0.227 e. The SMILES string of the molecule is CS(=O)(=O)NC1CCCN(C(=O)[C@@H]2CCCNC2)C1. The lowest BCUT2D eigenvalue weighted by atomic mass is 9.96. The predicted molar refractivity (Wildman–Crippen MR) is 73.2 cm³/mol. The summed E-state index contributed by atoms with van der Waals surface area (Å²) in [5, 5.41) is 3.25. The van der Waals surface area contributed by atoms with Gasteiger partial charge in [0.15, 0.2) is 0 Å². The molecule has 0 radical (unpaired) electrons. The Balaban J connectivity index is 1.91. The van der Waals surface area contributed by atoms with Crippen molar-refractivity contribution in [2.75, 3.05) is 32.4 Å². The number of nitrogens with one attached hydrogen (secondary N) is 2. The fourth-order valence-corrected chi connectivity index (χ4v) is 3.69. The number of nitrogens with zero attached hydrogens (tertiary/aromatic N) is 1. The van der Waals surface area contributed by atoms with Crippen LogP contribution in [0.15, 0.2) is 0 Å². The maximum absolute atomic E-state index is 12.4. The van der Waals surface area contributed by atoms with Crippen molar-refractivity contribution in [3.05, 3.63) is 0 Å². The fraction of sp³-hybridized carbons (Fsp3) is 0.917. The summed E-state index contributed by atoms with van der Waals surface area (Å²) in [5.74, 6) is 0.234. The van der Waals surface area contributed by atoms with Crippen LogP contribution in [0.2, 0.25) is 0 Å². The van der Waals surface area contributed by atoms with Crippen molar-refractivity contribution >= 4 is 15.9 Å². The van der Waals surface area contributed by atoms with Crippen LogP contribution in [0.3, 0.4) is 0 Å². The van der Waals surface area contributed by atoms with E-state index in [-0.39, 0.29) is 17.9 Å². The van der Waals surface area contributed by atoms with E-state index in [1.807, 2.05) is 4.90 Å². The molecule has 2 aliphatic rings. The standard InChI is InChI=1S/C12H23N3O3S/c1-19(17,18)14-11-5-3-7-15(9-11)12(16)10-4-2-6-13-8-10/h10-11,13-14H,2-9H2,1H3/t10-,11?/m1/s1. The first kappa shape index (κ1) is 14.7. The molecule has 110 valence electrons. The molecule has 19 heavy (non-hydrogen) atoms. The molecule has 0 aliphatic carbocycles. The normalized spacial score (nSPS) is 29.2. The highest BCUT2D eigenvalue weighted by molar-refractivity contribution is 7.88. The Bertz CT molecular complexity index is 418. The van der Waals surface area contributed by atoms with Crippen LogP contribution in [0.4, 0.5) is 0 Å². The number of rotatable bonds is 3. The summed E-state index contributed by atoms with van der Waals surface area (Å²) in [7, 11) is -3.20. The number of amides is 1. The van der Waals surface area contributed by atoms with Crippen molar-refractivity contribution in [1.82, 2.24) is 14.9 Å². The van der Waals surface area contributed by atoms with Crippen LogP contribution in [-0.2, 0) is 14.8 Å². The van der Waals surface area contributed by atoms with Crippen LogP contribution in [0, 0.1) is 5.92 Å². The van der Waals surface area contributed by atoms with E-state index in [2.05, 4.69) is 10.0 Å². The molecule has 2 N–H and O–H groups in total. The van der Waals surface area contributed by atoms with Crippen molar-refractivity contribution in [3.8, 4) is 0 Å². The molecule has 2 saturated heterocycles. The number of likely N-dealkylation sites (tertiary alicyclic amines) is 1. The highest BCUT2D eigenvalue weighted by Gasteiger charge is 2.30. The largest absolute Gasteiger partial charge is 0.341 e. The summed E-state index contributed by atoms with van der Waals surface area (Å²) in [6.07, 6.45) is 4.80. The number of sulfonamides is 1. The molecule has 0 aromatic carbocycles. The van der Waals surface area contributed by atoms with Gasteiger partial charge in [-0.15, -0.1) is 0 Å². The predicted octanol–water partition coefficient (Wildman–Crippen LogP) is -0.474. The molecule has 7 heteroatoms. The van der Waals surface area contributed by atoms with E-state index >= 15 is 0 Å². The maximum atomic E-state index is 12.4. The number of hydrogen-bond donors (Lipinski definition) is 2. The zero-order chi connectivity index (χ0) is 13.9. The van der Waals surface area contributed by atoms with Gasteiger partial charge in [0.1, 0.15) is 0 Å². The van der Waals surface area contributed by atoms with E-state index in [1.54, 1.807) is 0 Å². The number of hydrogen-bond acceptors (Lipinski definition) is 4. The van der Waals surface area contributed by atoms with E-state index in [0.29, 0.717) is 6.54 Å². The Labute approximate surface area is 115 Å². The molecular formula is C12H23N3O3S. The van der Waals surface area contributed by atoms with Crippen LogP contribution in [0.25, 0.3) is 0 Å². The Morgan fingerprint density at radius 2 is 2.11 bits per heavy atom. The average Bonchev–Trinajstić information content (AvgIpc) is 2.37. The summed E-state index contributed by atoms with van der Waals surface area (Å²) < 4.78 is 25.1. The van der Waals surface area contributed by atoms with Gasteiger partial charge in [0, 0.05) is 25.7 Å². The molecule has 0 spiro atoms. The molecule has 6 nitrogen and oxygen atoms in total. The summed E-state index contributed by atoms with van der Waals surface area (Å²) >= 11 is 0. The van der Waals surface area contributed by atoms with E-state index in [0.717, 1.165) is 45.3 Å². The van der Waals surface area contributed by atoms with E-state index < -0.39 is 10.0 Å². The van der Waals surface area contributed by atoms with Gasteiger partial charge < -0.3 is 10.2 Å². The molecule has 0 saturated carbocycles. The van der Waals surface area contributed by atoms with Crippen LogP contribution < -0.4 is 10.0 Å². The maximum Gasteiger partial charge on any atom is 0.227 e. The van der Waals surface area contributed by atoms with Crippen molar-refractivity contribution in [2.24, 2.45) is 5.92 Å². The van der Waals surface area contributed by atoms with Gasteiger partial charge in [-0.1, -0.05) is 0 Å². The lowest BCUT2D eigenvalue weighted by molar-refractivity contribution is -0.137. The highest BCUT2D eigenvalue weighted by atomic mass is 32.2. The first-order valence-electron chi connectivity index (χ1n) is 6.92. The van der Waals surface area contributed by atoms with Crippen molar-refractivity contribution in [3.63, 3.8) is 0 Å². The van der Waals surface area contributed by atoms with Gasteiger partial charge in [-0.3, -0.25) is 4.79 Å². The Kier molecular flexibility index (Phi) is 4.81. The van der Waals surface area contributed by atoms with Crippen LogP contribution in [0.1, 0.15) is 25.7 Å². The third-order valence-corrected chi connectivity index (χ3v) is 4.52. The van der Waals surface area contributed by atoms with Crippen molar-refractivity contribution in [1.29, 1.82) is 0 Å². The summed E-state index contributed by atoms with van der Waals surface area (Å²) in [4.78, 5) is 14.2. The van der Waals surface area contributed by atoms with E-state index in [4.69, 9.17) is 0 Å². The molecule has 2 heterocycles. The fourth-order valence-electron chi connectivity index (χ4n) is 2.90. The second kappa shape index (κ2) is 6.19. The minimum atomic E-state index is -3.20. The van der Waals surface area contributed by atoms with Gasteiger partial charge in [-0.2, -0.15) is 0 Å². The van der Waals surface area contributed by atoms with Gasteiger partial charge in [0.05, 0.1) is 12.2 Å². The van der Waals surface area contributed by atoms with Crippen LogP contribution in [0.5, 0.6) is 0 Å². The summed E-state index contributed by atoms with van der Waals surface area (Å²) in [6.45, 7) is 2.99. The Hall–Kier alpha value is -0.660. The van der Waals surface area contributed by atoms with Crippen molar-refractivity contribution < 1.29 is 13.2 Å². The Morgan fingerprint density at radius 1 is 1.32 bits per heavy atom. The molecule has 1 unspecified atom stereocenters. The highest BCUT2D eigenvalue weighted by Crippen LogP contribution is 2.18. The first-order chi connectivity index (χ1) is 8.96. The van der Waals surface area contributed by atoms with Gasteiger partial charge in [0.2, 0.25) is 15.9 Å². The second-order valence-corrected chi connectivity index (χ2v) is 7.34. The monoisotopic (exact) mass is 289 g/mol. The van der Waals surface area contributed by atoms with Gasteiger partial charge >= 0.3 is 0 Å². The molecule has 0 bridgehead atoms.